The van der Waals surface area contributed by atoms with Gasteiger partial charge in [0.15, 0.2) is 0 Å². The number of hydrogen-bond donors (Lipinski definition) is 2. The minimum absolute atomic E-state index is 0.332. The average Bonchev–Trinajstić information content (AvgIpc) is 3.22. The van der Waals surface area contributed by atoms with Crippen LogP contribution >= 0.6 is 0 Å². The number of rotatable bonds is 6. The topological polar surface area (TPSA) is 83.3 Å². The first-order valence-electron chi connectivity index (χ1n) is 10.4. The Balaban J connectivity index is 1.49. The third kappa shape index (κ3) is 5.31. The van der Waals surface area contributed by atoms with Crippen molar-refractivity contribution in [2.75, 3.05) is 19.6 Å². The smallest absolute Gasteiger partial charge is 0.118 e. The number of hydrogen-bond acceptors (Lipinski definition) is 4. The lowest BCUT2D eigenvalue weighted by atomic mass is 9.92. The number of amidine groups is 1. The first-order chi connectivity index (χ1) is 13.1. The average molecular weight is 385 g/mol. The minimum Gasteiger partial charge on any atom is -0.384 e. The molecular weight excluding hydrogens is 348 g/mol. The van der Waals surface area contributed by atoms with E-state index in [2.05, 4.69) is 30.8 Å². The number of aryl methyl sites for hydroxylation is 2. The molecule has 0 radical (unpaired) electrons. The van der Waals surface area contributed by atoms with Crippen molar-refractivity contribution in [1.29, 1.82) is 5.41 Å². The Morgan fingerprint density at radius 1 is 1.29 bits per heavy atom. The first kappa shape index (κ1) is 20.8. The lowest BCUT2D eigenvalue weighted by Crippen LogP contribution is -2.27. The zero-order valence-electron chi connectivity index (χ0n) is 18.1. The molecule has 1 aliphatic heterocycles. The second-order valence-corrected chi connectivity index (χ2v) is 9.82. The summed E-state index contributed by atoms with van der Waals surface area (Å²) in [5.41, 5.74) is 8.64. The number of likely N-dealkylation sites (tertiary alicyclic amines) is 1. The van der Waals surface area contributed by atoms with Crippen molar-refractivity contribution in [3.05, 3.63) is 29.6 Å². The molecule has 6 nitrogen and oxygen atoms in total. The monoisotopic (exact) mass is 384 g/mol. The van der Waals surface area contributed by atoms with Gasteiger partial charge in [0.1, 0.15) is 5.84 Å². The Morgan fingerprint density at radius 2 is 1.93 bits per heavy atom. The third-order valence-electron chi connectivity index (χ3n) is 6.04. The van der Waals surface area contributed by atoms with Crippen molar-refractivity contribution in [3.63, 3.8) is 0 Å². The molecule has 3 N–H and O–H groups in total. The maximum atomic E-state index is 8.21. The Bertz CT molecular complexity index is 752. The Hall–Kier alpha value is -1.95. The molecule has 28 heavy (non-hydrogen) atoms. The van der Waals surface area contributed by atoms with Crippen LogP contribution in [0.2, 0.25) is 0 Å². The first-order valence-corrected chi connectivity index (χ1v) is 10.4. The van der Waals surface area contributed by atoms with E-state index in [4.69, 9.17) is 16.1 Å². The quantitative estimate of drug-likeness (QED) is 0.584. The summed E-state index contributed by atoms with van der Waals surface area (Å²) in [4.78, 5) is 7.37. The molecule has 3 atom stereocenters. The summed E-state index contributed by atoms with van der Waals surface area (Å²) in [6.45, 7) is 12.5. The van der Waals surface area contributed by atoms with Gasteiger partial charge in [0.05, 0.1) is 17.4 Å². The number of nitrogens with two attached hydrogens (primary N) is 1. The van der Waals surface area contributed by atoms with E-state index in [9.17, 15) is 0 Å². The summed E-state index contributed by atoms with van der Waals surface area (Å²) in [6, 6.07) is 0.332. The van der Waals surface area contributed by atoms with Crippen LogP contribution in [-0.2, 0) is 7.05 Å². The number of aliphatic imine (C=N–C) groups is 1. The Kier molecular flexibility index (Phi) is 6.08. The SMILES string of the molecule is Cc1nn(C)cc1C(=N)/C=C\C(N)=NC1C[C@@H]2CN(CCC(C)(C)C)C[C@@H]2C1. The molecule has 1 saturated heterocycles. The molecule has 3 rings (SSSR count). The van der Waals surface area contributed by atoms with E-state index in [1.54, 1.807) is 16.8 Å². The highest BCUT2D eigenvalue weighted by molar-refractivity contribution is 6.10. The molecule has 2 aliphatic rings. The van der Waals surface area contributed by atoms with E-state index in [0.717, 1.165) is 35.9 Å². The lowest BCUT2D eigenvalue weighted by Gasteiger charge is -2.24. The lowest BCUT2D eigenvalue weighted by molar-refractivity contribution is 0.249. The molecule has 1 aromatic heterocycles. The molecule has 1 aromatic rings. The fourth-order valence-electron chi connectivity index (χ4n) is 4.52. The van der Waals surface area contributed by atoms with Crippen LogP contribution in [0.4, 0.5) is 0 Å². The maximum absolute atomic E-state index is 8.21. The van der Waals surface area contributed by atoms with Crippen LogP contribution in [0.15, 0.2) is 23.3 Å². The Morgan fingerprint density at radius 3 is 2.46 bits per heavy atom. The highest BCUT2D eigenvalue weighted by Gasteiger charge is 2.40. The van der Waals surface area contributed by atoms with E-state index >= 15 is 0 Å². The standard InChI is InChI=1S/C22H36N6/c1-15-19(14-27(5)26-15)20(23)6-7-21(24)25-18-10-16-12-28(13-17(16)11-18)9-8-22(2,3)4/h6-7,14,16-18,23H,8-13H2,1-5H3,(H2,24,25)/b7-6-,23-20?/t16-,17+,18?. The number of nitrogens with zero attached hydrogens (tertiary/aromatic N) is 4. The molecule has 6 heteroatoms. The molecule has 1 unspecified atom stereocenters. The van der Waals surface area contributed by atoms with Crippen molar-refractivity contribution in [3.8, 4) is 0 Å². The van der Waals surface area contributed by atoms with Gasteiger partial charge in [0.25, 0.3) is 0 Å². The molecule has 0 spiro atoms. The van der Waals surface area contributed by atoms with Crippen molar-refractivity contribution in [2.24, 2.45) is 35.0 Å². The van der Waals surface area contributed by atoms with Gasteiger partial charge in [-0.05, 0) is 62.1 Å². The maximum Gasteiger partial charge on any atom is 0.118 e. The van der Waals surface area contributed by atoms with Crippen molar-refractivity contribution in [1.82, 2.24) is 14.7 Å². The van der Waals surface area contributed by atoms with Gasteiger partial charge in [0, 0.05) is 31.9 Å². The van der Waals surface area contributed by atoms with Gasteiger partial charge < -0.3 is 16.0 Å². The van der Waals surface area contributed by atoms with E-state index < -0.39 is 0 Å². The normalized spacial score (nSPS) is 26.3. The summed E-state index contributed by atoms with van der Waals surface area (Å²) >= 11 is 0. The minimum atomic E-state index is 0.332. The molecule has 2 heterocycles. The number of nitrogens with one attached hydrogen (secondary N) is 1. The second-order valence-electron chi connectivity index (χ2n) is 9.82. The predicted molar refractivity (Wildman–Crippen MR) is 116 cm³/mol. The van der Waals surface area contributed by atoms with Gasteiger partial charge in [-0.15, -0.1) is 0 Å². The summed E-state index contributed by atoms with van der Waals surface area (Å²) in [5.74, 6) is 2.06. The number of aromatic nitrogens is 2. The fourth-order valence-corrected chi connectivity index (χ4v) is 4.52. The molecule has 2 fully saturated rings. The Labute approximate surface area is 169 Å². The molecule has 1 aliphatic carbocycles. The van der Waals surface area contributed by atoms with E-state index in [0.29, 0.717) is 23.0 Å². The molecule has 154 valence electrons. The number of allylic oxidation sites excluding steroid dienone is 1. The van der Waals surface area contributed by atoms with Gasteiger partial charge in [-0.1, -0.05) is 20.8 Å². The van der Waals surface area contributed by atoms with Crippen LogP contribution in [0.5, 0.6) is 0 Å². The van der Waals surface area contributed by atoms with E-state index in [1.165, 1.54) is 26.1 Å². The van der Waals surface area contributed by atoms with Crippen LogP contribution < -0.4 is 5.73 Å². The largest absolute Gasteiger partial charge is 0.384 e. The molecule has 1 saturated carbocycles. The van der Waals surface area contributed by atoms with E-state index in [-0.39, 0.29) is 0 Å². The zero-order chi connectivity index (χ0) is 20.5. The summed E-state index contributed by atoms with van der Waals surface area (Å²) in [5, 5.41) is 12.5. The van der Waals surface area contributed by atoms with Crippen molar-refractivity contribution < 1.29 is 0 Å². The van der Waals surface area contributed by atoms with Gasteiger partial charge in [-0.3, -0.25) is 9.67 Å². The summed E-state index contributed by atoms with van der Waals surface area (Å²) < 4.78 is 1.73. The van der Waals surface area contributed by atoms with Crippen LogP contribution in [-0.4, -0.2) is 51.9 Å². The third-order valence-corrected chi connectivity index (χ3v) is 6.04. The highest BCUT2D eigenvalue weighted by atomic mass is 15.2. The highest BCUT2D eigenvalue weighted by Crippen LogP contribution is 2.39. The van der Waals surface area contributed by atoms with Crippen LogP contribution in [0, 0.1) is 29.6 Å². The van der Waals surface area contributed by atoms with Gasteiger partial charge in [-0.2, -0.15) is 5.10 Å². The van der Waals surface area contributed by atoms with Crippen LogP contribution in [0.3, 0.4) is 0 Å². The summed E-state index contributed by atoms with van der Waals surface area (Å²) in [7, 11) is 1.87. The van der Waals surface area contributed by atoms with Gasteiger partial charge >= 0.3 is 0 Å². The van der Waals surface area contributed by atoms with Crippen molar-refractivity contribution >= 4 is 11.5 Å². The number of fused-ring (bicyclic) bond motifs is 1. The molecular formula is C22H36N6. The van der Waals surface area contributed by atoms with Crippen LogP contribution in [0.25, 0.3) is 0 Å². The van der Waals surface area contributed by atoms with Gasteiger partial charge in [0.2, 0.25) is 0 Å². The molecule has 0 amide bonds. The zero-order valence-corrected chi connectivity index (χ0v) is 18.1. The molecule has 0 bridgehead atoms. The second kappa shape index (κ2) is 8.19. The van der Waals surface area contributed by atoms with E-state index in [1.807, 2.05) is 20.2 Å². The fraction of sp³-hybridized carbons (Fsp3) is 0.682. The predicted octanol–water partition coefficient (Wildman–Crippen LogP) is 3.16. The van der Waals surface area contributed by atoms with Crippen LogP contribution in [0.1, 0.15) is 51.3 Å². The van der Waals surface area contributed by atoms with Gasteiger partial charge in [-0.25, -0.2) is 0 Å². The van der Waals surface area contributed by atoms with Crippen molar-refractivity contribution in [2.45, 2.75) is 53.0 Å². The molecule has 0 aromatic carbocycles. The summed E-state index contributed by atoms with van der Waals surface area (Å²) in [6.07, 6.45) is 8.90.